The van der Waals surface area contributed by atoms with E-state index in [1.807, 2.05) is 0 Å². The molecule has 3 aromatic rings. The molecule has 1 atom stereocenters. The van der Waals surface area contributed by atoms with Gasteiger partial charge >= 0.3 is 12.1 Å². The first-order chi connectivity index (χ1) is 15.6. The Balaban J connectivity index is 1.95. The average molecular weight is 453 g/mol. The van der Waals surface area contributed by atoms with Crippen molar-refractivity contribution in [1.82, 2.24) is 9.97 Å². The molecule has 8 heteroatoms. The number of nitrogens with two attached hydrogens (primary N) is 1. The highest BCUT2D eigenvalue weighted by molar-refractivity contribution is 5.89. The van der Waals surface area contributed by atoms with Gasteiger partial charge in [-0.3, -0.25) is 0 Å². The van der Waals surface area contributed by atoms with Gasteiger partial charge in [-0.2, -0.15) is 13.2 Å². The van der Waals surface area contributed by atoms with Crippen molar-refractivity contribution in [3.63, 3.8) is 0 Å². The van der Waals surface area contributed by atoms with E-state index in [0.717, 1.165) is 12.1 Å². The number of aromatic nitrogens is 2. The topological polar surface area (TPSA) is 78.1 Å². The third-order valence-corrected chi connectivity index (χ3v) is 4.85. The molecule has 0 bridgehead atoms. The van der Waals surface area contributed by atoms with Gasteiger partial charge in [0, 0.05) is 5.56 Å². The van der Waals surface area contributed by atoms with Gasteiger partial charge in [0.1, 0.15) is 5.82 Å². The fraction of sp³-hybridized carbons (Fsp3) is 0.240. The summed E-state index contributed by atoms with van der Waals surface area (Å²) in [6.45, 7) is 5.52. The first-order valence-electron chi connectivity index (χ1n) is 10.2. The van der Waals surface area contributed by atoms with Crippen LogP contribution in [0.4, 0.5) is 13.2 Å². The second-order valence-electron chi connectivity index (χ2n) is 7.26. The van der Waals surface area contributed by atoms with E-state index >= 15 is 0 Å². The van der Waals surface area contributed by atoms with Crippen LogP contribution in [0.1, 0.15) is 62.8 Å². The summed E-state index contributed by atoms with van der Waals surface area (Å²) in [5.41, 5.74) is 8.87. The number of esters is 1. The Morgan fingerprint density at radius 3 is 2.24 bits per heavy atom. The summed E-state index contributed by atoms with van der Waals surface area (Å²) in [6, 6.07) is 10.6. The van der Waals surface area contributed by atoms with Crippen LogP contribution in [0.15, 0.2) is 48.5 Å². The number of hydrogen-bond donors (Lipinski definition) is 1. The van der Waals surface area contributed by atoms with E-state index in [4.69, 9.17) is 10.5 Å². The Morgan fingerprint density at radius 1 is 1.03 bits per heavy atom. The van der Waals surface area contributed by atoms with Gasteiger partial charge in [0.15, 0.2) is 0 Å². The van der Waals surface area contributed by atoms with Gasteiger partial charge in [-0.15, -0.1) is 0 Å². The van der Waals surface area contributed by atoms with Crippen molar-refractivity contribution in [2.24, 2.45) is 5.73 Å². The average Bonchev–Trinajstić information content (AvgIpc) is 2.77. The second-order valence-corrected chi connectivity index (χ2v) is 7.26. The minimum atomic E-state index is -4.41. The lowest BCUT2D eigenvalue weighted by Crippen LogP contribution is -2.18. The molecule has 1 aromatic heterocycles. The van der Waals surface area contributed by atoms with Crippen LogP contribution in [0.25, 0.3) is 0 Å². The maximum atomic E-state index is 12.8. The maximum absolute atomic E-state index is 12.8. The van der Waals surface area contributed by atoms with Crippen molar-refractivity contribution in [2.45, 2.75) is 33.0 Å². The van der Waals surface area contributed by atoms with Crippen LogP contribution in [0.5, 0.6) is 0 Å². The molecular formula is C25H22F3N3O2. The lowest BCUT2D eigenvalue weighted by atomic mass is 9.98. The summed E-state index contributed by atoms with van der Waals surface area (Å²) >= 11 is 0. The molecule has 0 radical (unpaired) electrons. The number of ether oxygens (including phenoxy) is 1. The molecule has 1 unspecified atom stereocenters. The summed E-state index contributed by atoms with van der Waals surface area (Å²) in [7, 11) is 0. The van der Waals surface area contributed by atoms with Crippen LogP contribution < -0.4 is 5.73 Å². The van der Waals surface area contributed by atoms with Crippen LogP contribution in [0.2, 0.25) is 0 Å². The zero-order chi connectivity index (χ0) is 24.2. The summed E-state index contributed by atoms with van der Waals surface area (Å²) < 4.78 is 43.3. The minimum absolute atomic E-state index is 0.278. The number of rotatable bonds is 4. The van der Waals surface area contributed by atoms with Gasteiger partial charge in [0.05, 0.1) is 40.7 Å². The van der Waals surface area contributed by atoms with Crippen LogP contribution >= 0.6 is 0 Å². The molecule has 0 saturated carbocycles. The van der Waals surface area contributed by atoms with Crippen molar-refractivity contribution in [3.8, 4) is 11.8 Å². The summed E-state index contributed by atoms with van der Waals surface area (Å²) in [5.74, 6) is 5.93. The second kappa shape index (κ2) is 9.84. The van der Waals surface area contributed by atoms with E-state index in [-0.39, 0.29) is 6.61 Å². The molecule has 0 spiro atoms. The number of benzene rings is 2. The quantitative estimate of drug-likeness (QED) is 0.456. The number of hydrogen-bond acceptors (Lipinski definition) is 5. The van der Waals surface area contributed by atoms with E-state index in [1.54, 1.807) is 45.0 Å². The van der Waals surface area contributed by atoms with Crippen LogP contribution in [0.3, 0.4) is 0 Å². The minimum Gasteiger partial charge on any atom is -0.462 e. The SMILES string of the molecule is CCOC(=O)c1ccc(C(N)c2nc(C)nc(C)c2C#Cc2ccc(C(F)(F)F)cc2)cc1. The van der Waals surface area contributed by atoms with E-state index in [1.165, 1.54) is 12.1 Å². The molecular weight excluding hydrogens is 431 g/mol. The molecule has 0 saturated heterocycles. The van der Waals surface area contributed by atoms with Crippen molar-refractivity contribution in [2.75, 3.05) is 6.61 Å². The van der Waals surface area contributed by atoms with Crippen LogP contribution in [-0.4, -0.2) is 22.5 Å². The fourth-order valence-electron chi connectivity index (χ4n) is 3.19. The highest BCUT2D eigenvalue weighted by atomic mass is 19.4. The van der Waals surface area contributed by atoms with E-state index in [9.17, 15) is 18.0 Å². The van der Waals surface area contributed by atoms with Gasteiger partial charge in [0.2, 0.25) is 0 Å². The Labute approximate surface area is 189 Å². The van der Waals surface area contributed by atoms with Crippen molar-refractivity contribution in [1.29, 1.82) is 0 Å². The number of aryl methyl sites for hydroxylation is 2. The molecule has 0 aliphatic heterocycles. The lowest BCUT2D eigenvalue weighted by Gasteiger charge is -2.16. The van der Waals surface area contributed by atoms with Crippen molar-refractivity contribution in [3.05, 3.63) is 93.6 Å². The van der Waals surface area contributed by atoms with Gasteiger partial charge in [-0.25, -0.2) is 14.8 Å². The molecule has 5 nitrogen and oxygen atoms in total. The number of carbonyl (C=O) groups excluding carboxylic acids is 1. The lowest BCUT2D eigenvalue weighted by molar-refractivity contribution is -0.137. The van der Waals surface area contributed by atoms with E-state index in [2.05, 4.69) is 21.8 Å². The predicted molar refractivity (Wildman–Crippen MR) is 117 cm³/mol. The van der Waals surface area contributed by atoms with Gasteiger partial charge in [-0.05, 0) is 62.7 Å². The van der Waals surface area contributed by atoms with Crippen molar-refractivity contribution >= 4 is 5.97 Å². The summed E-state index contributed by atoms with van der Waals surface area (Å²) in [5, 5.41) is 0. The molecule has 2 aromatic carbocycles. The zero-order valence-corrected chi connectivity index (χ0v) is 18.3. The highest BCUT2D eigenvalue weighted by Gasteiger charge is 2.29. The molecule has 1 heterocycles. The first-order valence-corrected chi connectivity index (χ1v) is 10.2. The molecule has 170 valence electrons. The number of nitrogens with zero attached hydrogens (tertiary/aromatic N) is 2. The van der Waals surface area contributed by atoms with Crippen LogP contribution in [0, 0.1) is 25.7 Å². The predicted octanol–water partition coefficient (Wildman–Crippen LogP) is 4.74. The largest absolute Gasteiger partial charge is 0.462 e. The maximum Gasteiger partial charge on any atom is 0.416 e. The van der Waals surface area contributed by atoms with Crippen molar-refractivity contribution < 1.29 is 22.7 Å². The molecule has 0 fully saturated rings. The Morgan fingerprint density at radius 2 is 1.67 bits per heavy atom. The summed E-state index contributed by atoms with van der Waals surface area (Å²) in [4.78, 5) is 20.7. The molecule has 3 rings (SSSR count). The molecule has 33 heavy (non-hydrogen) atoms. The summed E-state index contributed by atoms with van der Waals surface area (Å²) in [6.07, 6.45) is -4.41. The molecule has 0 aliphatic rings. The third-order valence-electron chi connectivity index (χ3n) is 4.85. The first kappa shape index (κ1) is 24.0. The standard InChI is InChI=1S/C25H22F3N3O2/c1-4-33-24(32)19-10-8-18(9-11-19)22(29)23-21(15(2)30-16(3)31-23)14-7-17-5-12-20(13-6-17)25(26,27)28/h5-6,8-13,22H,4,29H2,1-3H3. The highest BCUT2D eigenvalue weighted by Crippen LogP contribution is 2.29. The Hall–Kier alpha value is -3.70. The van der Waals surface area contributed by atoms with Gasteiger partial charge < -0.3 is 10.5 Å². The monoisotopic (exact) mass is 453 g/mol. The molecule has 2 N–H and O–H groups in total. The van der Waals surface area contributed by atoms with E-state index < -0.39 is 23.8 Å². The normalized spacial score (nSPS) is 12.0. The number of carbonyl (C=O) groups is 1. The smallest absolute Gasteiger partial charge is 0.416 e. The van der Waals surface area contributed by atoms with Crippen LogP contribution in [-0.2, 0) is 10.9 Å². The Bertz CT molecular complexity index is 1210. The fourth-order valence-corrected chi connectivity index (χ4v) is 3.19. The van der Waals surface area contributed by atoms with E-state index in [0.29, 0.717) is 39.5 Å². The van der Waals surface area contributed by atoms with Gasteiger partial charge in [0.25, 0.3) is 0 Å². The molecule has 0 aliphatic carbocycles. The van der Waals surface area contributed by atoms with Gasteiger partial charge in [-0.1, -0.05) is 24.0 Å². The molecule has 0 amide bonds. The zero-order valence-electron chi connectivity index (χ0n) is 18.3. The Kier molecular flexibility index (Phi) is 7.14. The third kappa shape index (κ3) is 5.76. The number of halogens is 3. The number of alkyl halides is 3.